The molecule has 1 aromatic rings. The van der Waals surface area contributed by atoms with Crippen molar-refractivity contribution in [1.82, 2.24) is 4.90 Å². The van der Waals surface area contributed by atoms with Gasteiger partial charge in [-0.05, 0) is 44.4 Å². The second-order valence-electron chi connectivity index (χ2n) is 7.99. The van der Waals surface area contributed by atoms with Crippen LogP contribution in [0, 0.1) is 5.41 Å². The van der Waals surface area contributed by atoms with Crippen molar-refractivity contribution in [2.45, 2.75) is 39.7 Å². The van der Waals surface area contributed by atoms with Crippen LogP contribution in [0.3, 0.4) is 0 Å². The molecule has 0 aliphatic carbocycles. The molecule has 0 saturated carbocycles. The number of carbonyl (C=O) groups is 2. The Morgan fingerprint density at radius 3 is 2.83 bits per heavy atom. The van der Waals surface area contributed by atoms with Crippen LogP contribution >= 0.6 is 23.4 Å². The number of methoxy groups -OCH3 is 1. The van der Waals surface area contributed by atoms with Gasteiger partial charge >= 0.3 is 5.97 Å². The number of thioether (sulfide) groups is 1. The highest BCUT2D eigenvalue weighted by atomic mass is 35.5. The fourth-order valence-corrected chi connectivity index (χ4v) is 4.62. The van der Waals surface area contributed by atoms with Gasteiger partial charge in [0, 0.05) is 23.9 Å². The molecule has 0 unspecified atom stereocenters. The maximum atomic E-state index is 12.8. The molecule has 0 spiro atoms. The van der Waals surface area contributed by atoms with Gasteiger partial charge in [0.2, 0.25) is 5.91 Å². The van der Waals surface area contributed by atoms with Gasteiger partial charge in [0.05, 0.1) is 29.8 Å². The van der Waals surface area contributed by atoms with Crippen LogP contribution in [0.1, 0.15) is 45.2 Å². The molecular weight excluding hydrogens is 422 g/mol. The summed E-state index contributed by atoms with van der Waals surface area (Å²) < 4.78 is 5.12. The van der Waals surface area contributed by atoms with E-state index < -0.39 is 5.41 Å². The van der Waals surface area contributed by atoms with Crippen molar-refractivity contribution in [3.63, 3.8) is 0 Å². The number of ether oxygens (including phenoxy) is 1. The predicted octanol–water partition coefficient (Wildman–Crippen LogP) is 4.58. The molecule has 1 amide bonds. The van der Waals surface area contributed by atoms with Crippen LogP contribution in [-0.4, -0.2) is 47.2 Å². The van der Waals surface area contributed by atoms with E-state index in [1.54, 1.807) is 25.6 Å². The number of amidine groups is 1. The summed E-state index contributed by atoms with van der Waals surface area (Å²) in [6.45, 7) is 6.41. The fraction of sp³-hybridized carbons (Fsp3) is 0.500. The summed E-state index contributed by atoms with van der Waals surface area (Å²) in [5, 5.41) is 3.90. The van der Waals surface area contributed by atoms with Gasteiger partial charge in [0.25, 0.3) is 0 Å². The number of halogens is 1. The quantitative estimate of drug-likeness (QED) is 0.508. The first-order valence-corrected chi connectivity index (χ1v) is 11.6. The van der Waals surface area contributed by atoms with Crippen LogP contribution in [0.15, 0.2) is 40.5 Å². The zero-order valence-electron chi connectivity index (χ0n) is 17.8. The number of aliphatic imine (C=N–C) groups is 1. The van der Waals surface area contributed by atoms with Crippen LogP contribution < -0.4 is 5.32 Å². The number of rotatable bonds is 6. The Morgan fingerprint density at radius 2 is 2.17 bits per heavy atom. The summed E-state index contributed by atoms with van der Waals surface area (Å²) in [6.07, 6.45) is 1.65. The number of benzene rings is 1. The first kappa shape index (κ1) is 22.7. The zero-order valence-corrected chi connectivity index (χ0v) is 19.4. The van der Waals surface area contributed by atoms with Crippen molar-refractivity contribution >= 4 is 46.1 Å². The number of amides is 1. The largest absolute Gasteiger partial charge is 0.466 e. The summed E-state index contributed by atoms with van der Waals surface area (Å²) in [5.74, 6) is 0.720. The Hall–Kier alpha value is -1.99. The van der Waals surface area contributed by atoms with Crippen LogP contribution in [0.4, 0.5) is 5.69 Å². The number of anilines is 1. The Labute approximate surface area is 187 Å². The van der Waals surface area contributed by atoms with Crippen LogP contribution in [-0.2, 0) is 14.3 Å². The van der Waals surface area contributed by atoms with E-state index in [0.717, 1.165) is 35.1 Å². The lowest BCUT2D eigenvalue weighted by molar-refractivity contribution is -0.137. The first-order valence-electron chi connectivity index (χ1n) is 10.1. The Bertz CT molecular complexity index is 897. The summed E-state index contributed by atoms with van der Waals surface area (Å²) in [6, 6.07) is 7.33. The minimum absolute atomic E-state index is 0.146. The van der Waals surface area contributed by atoms with Crippen molar-refractivity contribution in [2.24, 2.45) is 10.4 Å². The van der Waals surface area contributed by atoms with E-state index >= 15 is 0 Å². The van der Waals surface area contributed by atoms with Crippen molar-refractivity contribution in [3.8, 4) is 0 Å². The molecule has 2 aliphatic heterocycles. The molecule has 2 aliphatic rings. The molecule has 162 valence electrons. The van der Waals surface area contributed by atoms with Crippen molar-refractivity contribution in [3.05, 3.63) is 41.1 Å². The molecule has 8 heteroatoms. The lowest BCUT2D eigenvalue weighted by Gasteiger charge is -2.41. The highest BCUT2D eigenvalue weighted by Gasteiger charge is 2.38. The van der Waals surface area contributed by atoms with Gasteiger partial charge in [-0.2, -0.15) is 0 Å². The Morgan fingerprint density at radius 1 is 1.40 bits per heavy atom. The van der Waals surface area contributed by atoms with Crippen LogP contribution in [0.25, 0.3) is 0 Å². The number of hydrogen-bond donors (Lipinski definition) is 1. The average Bonchev–Trinajstić information content (AvgIpc) is 2.77. The number of allylic oxidation sites excluding steroid dienone is 1. The molecule has 1 N–H and O–H groups in total. The SMILES string of the molecule is CCC1=C(C(=O)OC)[C@H](c2cccc(NC(=O)C(C)(C)CCl)c2)N2CCCSC2=N1. The maximum Gasteiger partial charge on any atom is 0.338 e. The minimum Gasteiger partial charge on any atom is -0.466 e. The highest BCUT2D eigenvalue weighted by Crippen LogP contribution is 2.41. The van der Waals surface area contributed by atoms with Crippen LogP contribution in [0.5, 0.6) is 0 Å². The average molecular weight is 450 g/mol. The van der Waals surface area contributed by atoms with Crippen molar-refractivity contribution in [1.29, 1.82) is 0 Å². The second kappa shape index (κ2) is 9.43. The number of nitrogens with one attached hydrogen (secondary N) is 1. The topological polar surface area (TPSA) is 71.0 Å². The summed E-state index contributed by atoms with van der Waals surface area (Å²) >= 11 is 7.66. The first-order chi connectivity index (χ1) is 14.3. The summed E-state index contributed by atoms with van der Waals surface area (Å²) in [5.41, 5.74) is 2.23. The van der Waals surface area contributed by atoms with E-state index in [4.69, 9.17) is 21.3 Å². The van der Waals surface area contributed by atoms with Gasteiger partial charge in [-0.1, -0.05) is 30.8 Å². The third-order valence-electron chi connectivity index (χ3n) is 5.30. The van der Waals surface area contributed by atoms with Crippen molar-refractivity contribution < 1.29 is 14.3 Å². The number of carbonyl (C=O) groups excluding carboxylic acids is 2. The Kier molecular flexibility index (Phi) is 7.14. The molecule has 1 fully saturated rings. The molecule has 0 radical (unpaired) electrons. The van der Waals surface area contributed by atoms with E-state index in [9.17, 15) is 9.59 Å². The smallest absolute Gasteiger partial charge is 0.338 e. The molecule has 6 nitrogen and oxygen atoms in total. The van der Waals surface area contributed by atoms with Gasteiger partial charge in [-0.3, -0.25) is 4.79 Å². The van der Waals surface area contributed by atoms with E-state index in [1.165, 1.54) is 7.11 Å². The van der Waals surface area contributed by atoms with Gasteiger partial charge in [0.1, 0.15) is 0 Å². The van der Waals surface area contributed by atoms with Crippen LogP contribution in [0.2, 0.25) is 0 Å². The fourth-order valence-electron chi connectivity index (χ4n) is 3.51. The van der Waals surface area contributed by atoms with Gasteiger partial charge in [-0.25, -0.2) is 9.79 Å². The number of nitrogens with zero attached hydrogens (tertiary/aromatic N) is 2. The molecular formula is C22H28ClN3O3S. The molecule has 3 rings (SSSR count). The number of fused-ring (bicyclic) bond motifs is 1. The summed E-state index contributed by atoms with van der Waals surface area (Å²) in [7, 11) is 1.40. The van der Waals surface area contributed by atoms with E-state index in [-0.39, 0.29) is 23.8 Å². The monoisotopic (exact) mass is 449 g/mol. The Balaban J connectivity index is 2.03. The summed E-state index contributed by atoms with van der Waals surface area (Å²) in [4.78, 5) is 32.3. The maximum absolute atomic E-state index is 12.8. The number of alkyl halides is 1. The highest BCUT2D eigenvalue weighted by molar-refractivity contribution is 8.13. The lowest BCUT2D eigenvalue weighted by atomic mass is 9.92. The minimum atomic E-state index is -0.682. The molecule has 2 heterocycles. The molecule has 1 saturated heterocycles. The third-order valence-corrected chi connectivity index (χ3v) is 7.04. The lowest BCUT2D eigenvalue weighted by Crippen LogP contribution is -2.42. The molecule has 1 aromatic carbocycles. The van der Waals surface area contributed by atoms with Gasteiger partial charge in [-0.15, -0.1) is 11.6 Å². The number of esters is 1. The zero-order chi connectivity index (χ0) is 21.9. The molecule has 0 aromatic heterocycles. The number of hydrogen-bond acceptors (Lipinski definition) is 6. The predicted molar refractivity (Wildman–Crippen MR) is 123 cm³/mol. The second-order valence-corrected chi connectivity index (χ2v) is 9.32. The molecule has 1 atom stereocenters. The van der Waals surface area contributed by atoms with E-state index in [2.05, 4.69) is 10.2 Å². The molecule has 30 heavy (non-hydrogen) atoms. The standard InChI is InChI=1S/C22H28ClN3O3S/c1-5-16-17(19(27)29-4)18(26-10-7-11-30-21(26)25-16)14-8-6-9-15(12-14)24-20(28)22(2,3)13-23/h6,8-9,12,18H,5,7,10-11,13H2,1-4H3,(H,24,28)/t18-/m0/s1. The van der Waals surface area contributed by atoms with Gasteiger partial charge < -0.3 is 15.0 Å². The van der Waals surface area contributed by atoms with E-state index in [0.29, 0.717) is 17.7 Å². The van der Waals surface area contributed by atoms with E-state index in [1.807, 2.05) is 31.2 Å². The molecule has 0 bridgehead atoms. The normalized spacial score (nSPS) is 19.2. The third kappa shape index (κ3) is 4.52. The van der Waals surface area contributed by atoms with Gasteiger partial charge in [0.15, 0.2) is 5.17 Å². The van der Waals surface area contributed by atoms with Crippen molar-refractivity contribution in [2.75, 3.05) is 30.6 Å².